The smallest absolute Gasteiger partial charge is 0.358 e. The van der Waals surface area contributed by atoms with Gasteiger partial charge in [0, 0.05) is 18.9 Å². The molecule has 0 bridgehead atoms. The monoisotopic (exact) mass is 195 g/mol. The first-order valence-electron chi connectivity index (χ1n) is 4.39. The van der Waals surface area contributed by atoms with Crippen LogP contribution in [0.3, 0.4) is 0 Å². The lowest BCUT2D eigenvalue weighted by atomic mass is 10.2. The number of rotatable bonds is 4. The number of aromatic nitrogens is 2. The SMILES string of the molecule is CC(C)CNc1nccnc1C(=O)O. The van der Waals surface area contributed by atoms with Gasteiger partial charge in [-0.1, -0.05) is 13.8 Å². The minimum Gasteiger partial charge on any atom is -0.476 e. The van der Waals surface area contributed by atoms with Crippen molar-refractivity contribution in [3.8, 4) is 0 Å². The fourth-order valence-corrected chi connectivity index (χ4v) is 0.925. The van der Waals surface area contributed by atoms with Crippen molar-refractivity contribution in [1.29, 1.82) is 0 Å². The predicted octanol–water partition coefficient (Wildman–Crippen LogP) is 1.24. The van der Waals surface area contributed by atoms with Gasteiger partial charge in [0.15, 0.2) is 11.5 Å². The van der Waals surface area contributed by atoms with Gasteiger partial charge in [0.1, 0.15) is 0 Å². The molecule has 1 heterocycles. The standard InChI is InChI=1S/C9H13N3O2/c1-6(2)5-12-8-7(9(13)14)10-3-4-11-8/h3-4,6H,5H2,1-2H3,(H,11,12)(H,13,14). The molecule has 0 saturated heterocycles. The van der Waals surface area contributed by atoms with Gasteiger partial charge >= 0.3 is 5.97 Å². The highest BCUT2D eigenvalue weighted by atomic mass is 16.4. The van der Waals surface area contributed by atoms with Gasteiger partial charge in [0.05, 0.1) is 0 Å². The van der Waals surface area contributed by atoms with Crippen molar-refractivity contribution in [3.63, 3.8) is 0 Å². The van der Waals surface area contributed by atoms with Gasteiger partial charge in [-0.3, -0.25) is 0 Å². The number of aromatic carboxylic acids is 1. The zero-order valence-electron chi connectivity index (χ0n) is 8.19. The molecule has 0 radical (unpaired) electrons. The number of carboxylic acid groups (broad SMARTS) is 1. The highest BCUT2D eigenvalue weighted by molar-refractivity contribution is 5.90. The third-order valence-corrected chi connectivity index (χ3v) is 1.58. The van der Waals surface area contributed by atoms with Crippen molar-refractivity contribution in [2.45, 2.75) is 13.8 Å². The van der Waals surface area contributed by atoms with Gasteiger partial charge in [-0.15, -0.1) is 0 Å². The molecular weight excluding hydrogens is 182 g/mol. The summed E-state index contributed by atoms with van der Waals surface area (Å²) >= 11 is 0. The maximum atomic E-state index is 10.7. The number of nitrogens with one attached hydrogen (secondary N) is 1. The molecule has 0 unspecified atom stereocenters. The van der Waals surface area contributed by atoms with Crippen molar-refractivity contribution in [2.24, 2.45) is 5.92 Å². The van der Waals surface area contributed by atoms with Crippen LogP contribution in [0.15, 0.2) is 12.4 Å². The third-order valence-electron chi connectivity index (χ3n) is 1.58. The van der Waals surface area contributed by atoms with Crippen LogP contribution >= 0.6 is 0 Å². The molecule has 0 atom stereocenters. The van der Waals surface area contributed by atoms with E-state index in [9.17, 15) is 4.79 Å². The first-order valence-corrected chi connectivity index (χ1v) is 4.39. The van der Waals surface area contributed by atoms with Crippen LogP contribution in [-0.2, 0) is 0 Å². The van der Waals surface area contributed by atoms with Crippen LogP contribution in [-0.4, -0.2) is 27.6 Å². The average molecular weight is 195 g/mol. The molecule has 1 aromatic heterocycles. The maximum Gasteiger partial charge on any atom is 0.358 e. The van der Waals surface area contributed by atoms with E-state index >= 15 is 0 Å². The molecule has 0 amide bonds. The van der Waals surface area contributed by atoms with E-state index in [1.807, 2.05) is 13.8 Å². The molecule has 14 heavy (non-hydrogen) atoms. The molecule has 0 spiro atoms. The topological polar surface area (TPSA) is 75.1 Å². The van der Waals surface area contributed by atoms with E-state index in [1.165, 1.54) is 12.4 Å². The van der Waals surface area contributed by atoms with Gasteiger partial charge in [-0.05, 0) is 5.92 Å². The van der Waals surface area contributed by atoms with Crippen molar-refractivity contribution in [1.82, 2.24) is 9.97 Å². The van der Waals surface area contributed by atoms with E-state index in [4.69, 9.17) is 5.11 Å². The molecule has 0 aliphatic carbocycles. The zero-order valence-corrected chi connectivity index (χ0v) is 8.19. The third kappa shape index (κ3) is 2.69. The minimum absolute atomic E-state index is 0.0341. The lowest BCUT2D eigenvalue weighted by Crippen LogP contribution is -2.14. The van der Waals surface area contributed by atoms with Gasteiger partial charge in [0.25, 0.3) is 0 Å². The second kappa shape index (κ2) is 4.55. The van der Waals surface area contributed by atoms with Crippen LogP contribution in [0.4, 0.5) is 5.82 Å². The summed E-state index contributed by atoms with van der Waals surface area (Å²) in [5, 5.41) is 11.7. The summed E-state index contributed by atoms with van der Waals surface area (Å²) in [6.45, 7) is 4.74. The Bertz CT molecular complexity index is 326. The zero-order chi connectivity index (χ0) is 10.6. The fraction of sp³-hybridized carbons (Fsp3) is 0.444. The summed E-state index contributed by atoms with van der Waals surface area (Å²) in [5.41, 5.74) is -0.0341. The van der Waals surface area contributed by atoms with E-state index in [-0.39, 0.29) is 5.69 Å². The first kappa shape index (κ1) is 10.4. The molecule has 0 saturated carbocycles. The molecule has 1 aromatic rings. The second-order valence-corrected chi connectivity index (χ2v) is 3.33. The Morgan fingerprint density at radius 2 is 2.14 bits per heavy atom. The second-order valence-electron chi connectivity index (χ2n) is 3.33. The van der Waals surface area contributed by atoms with Gasteiger partial charge in [0.2, 0.25) is 0 Å². The van der Waals surface area contributed by atoms with Crippen LogP contribution in [0, 0.1) is 5.92 Å². The largest absolute Gasteiger partial charge is 0.476 e. The Morgan fingerprint density at radius 3 is 2.71 bits per heavy atom. The Balaban J connectivity index is 2.79. The van der Waals surface area contributed by atoms with Crippen LogP contribution in [0.2, 0.25) is 0 Å². The number of carboxylic acids is 1. The Kier molecular flexibility index (Phi) is 3.39. The number of carbonyl (C=O) groups is 1. The van der Waals surface area contributed by atoms with Gasteiger partial charge < -0.3 is 10.4 Å². The first-order chi connectivity index (χ1) is 6.61. The lowest BCUT2D eigenvalue weighted by molar-refractivity contribution is 0.0691. The Hall–Kier alpha value is -1.65. The number of anilines is 1. The molecule has 1 rings (SSSR count). The summed E-state index contributed by atoms with van der Waals surface area (Å²) in [4.78, 5) is 18.4. The molecule has 2 N–H and O–H groups in total. The van der Waals surface area contributed by atoms with E-state index in [2.05, 4.69) is 15.3 Å². The summed E-state index contributed by atoms with van der Waals surface area (Å²) in [6, 6.07) is 0. The van der Waals surface area contributed by atoms with Gasteiger partial charge in [-0.25, -0.2) is 14.8 Å². The maximum absolute atomic E-state index is 10.7. The number of nitrogens with zero attached hydrogens (tertiary/aromatic N) is 2. The lowest BCUT2D eigenvalue weighted by Gasteiger charge is -2.08. The highest BCUT2D eigenvalue weighted by Crippen LogP contribution is 2.08. The molecule has 0 fully saturated rings. The fourth-order valence-electron chi connectivity index (χ4n) is 0.925. The van der Waals surface area contributed by atoms with Crippen molar-refractivity contribution in [2.75, 3.05) is 11.9 Å². The van der Waals surface area contributed by atoms with Crippen molar-refractivity contribution >= 4 is 11.8 Å². The normalized spacial score (nSPS) is 10.2. The molecule has 5 nitrogen and oxygen atoms in total. The molecular formula is C9H13N3O2. The van der Waals surface area contributed by atoms with Crippen molar-refractivity contribution in [3.05, 3.63) is 18.1 Å². The van der Waals surface area contributed by atoms with E-state index < -0.39 is 5.97 Å². The van der Waals surface area contributed by atoms with Crippen LogP contribution < -0.4 is 5.32 Å². The van der Waals surface area contributed by atoms with E-state index in [1.54, 1.807) is 0 Å². The molecule has 5 heteroatoms. The summed E-state index contributed by atoms with van der Waals surface area (Å²) < 4.78 is 0. The predicted molar refractivity (Wildman–Crippen MR) is 52.3 cm³/mol. The summed E-state index contributed by atoms with van der Waals surface area (Å²) in [6.07, 6.45) is 2.83. The average Bonchev–Trinajstić information content (AvgIpc) is 2.15. The molecule has 0 aliphatic heterocycles. The van der Waals surface area contributed by atoms with Crippen LogP contribution in [0.5, 0.6) is 0 Å². The Labute approximate surface area is 82.2 Å². The molecule has 76 valence electrons. The van der Waals surface area contributed by atoms with E-state index in [0.29, 0.717) is 18.3 Å². The number of hydrogen-bond acceptors (Lipinski definition) is 4. The van der Waals surface area contributed by atoms with E-state index in [0.717, 1.165) is 0 Å². The molecule has 0 aromatic carbocycles. The Morgan fingerprint density at radius 1 is 1.50 bits per heavy atom. The van der Waals surface area contributed by atoms with Gasteiger partial charge in [-0.2, -0.15) is 0 Å². The molecule has 0 aliphatic rings. The van der Waals surface area contributed by atoms with Crippen molar-refractivity contribution < 1.29 is 9.90 Å². The van der Waals surface area contributed by atoms with Crippen LogP contribution in [0.25, 0.3) is 0 Å². The minimum atomic E-state index is -1.07. The van der Waals surface area contributed by atoms with Crippen LogP contribution in [0.1, 0.15) is 24.3 Å². The number of hydrogen-bond donors (Lipinski definition) is 2. The summed E-state index contributed by atoms with van der Waals surface area (Å²) in [7, 11) is 0. The summed E-state index contributed by atoms with van der Waals surface area (Å²) in [5.74, 6) is -0.309. The highest BCUT2D eigenvalue weighted by Gasteiger charge is 2.11. The quantitative estimate of drug-likeness (QED) is 0.756.